The molecule has 0 spiro atoms. The summed E-state index contributed by atoms with van der Waals surface area (Å²) in [6.07, 6.45) is 3.75. The van der Waals surface area contributed by atoms with Crippen molar-refractivity contribution in [3.63, 3.8) is 0 Å². The van der Waals surface area contributed by atoms with Crippen LogP contribution in [0.3, 0.4) is 0 Å². The highest BCUT2D eigenvalue weighted by atomic mass is 16.5. The third kappa shape index (κ3) is 5.17. The number of carbonyl (C=O) groups is 1. The maximum Gasteiger partial charge on any atom is 0.271 e. The Morgan fingerprint density at radius 1 is 1.10 bits per heavy atom. The molecule has 4 rings (SSSR count). The summed E-state index contributed by atoms with van der Waals surface area (Å²) in [5.41, 5.74) is 6.56. The Labute approximate surface area is 181 Å². The van der Waals surface area contributed by atoms with Crippen LogP contribution in [0.2, 0.25) is 0 Å². The zero-order valence-corrected chi connectivity index (χ0v) is 17.3. The maximum absolute atomic E-state index is 12.5. The van der Waals surface area contributed by atoms with E-state index in [1.807, 2.05) is 60.7 Å². The van der Waals surface area contributed by atoms with Crippen LogP contribution in [0.25, 0.3) is 22.4 Å². The van der Waals surface area contributed by atoms with E-state index >= 15 is 0 Å². The van der Waals surface area contributed by atoms with Crippen molar-refractivity contribution in [1.82, 2.24) is 15.4 Å². The summed E-state index contributed by atoms with van der Waals surface area (Å²) in [7, 11) is 0. The van der Waals surface area contributed by atoms with Crippen molar-refractivity contribution in [2.24, 2.45) is 5.10 Å². The summed E-state index contributed by atoms with van der Waals surface area (Å²) < 4.78 is 5.64. The van der Waals surface area contributed by atoms with Crippen molar-refractivity contribution in [2.45, 2.75) is 19.8 Å². The van der Waals surface area contributed by atoms with Crippen LogP contribution in [0.15, 0.2) is 77.9 Å². The van der Waals surface area contributed by atoms with Gasteiger partial charge in [0.15, 0.2) is 0 Å². The van der Waals surface area contributed by atoms with E-state index < -0.39 is 0 Å². The number of H-pyrrole nitrogens is 1. The molecule has 6 nitrogen and oxygen atoms in total. The number of ether oxygens (including phenoxy) is 1. The van der Waals surface area contributed by atoms with Gasteiger partial charge in [-0.3, -0.25) is 4.79 Å². The molecule has 0 unspecified atom stereocenters. The van der Waals surface area contributed by atoms with Gasteiger partial charge in [0.1, 0.15) is 11.6 Å². The SMILES string of the molecule is CCCCOc1ccc(/C=N/NC(=O)c2ccc3nc(-c4ccccc4)[nH]c3c2)cc1. The molecule has 2 N–H and O–H groups in total. The number of amides is 1. The van der Waals surface area contributed by atoms with Gasteiger partial charge in [0.2, 0.25) is 0 Å². The molecule has 0 atom stereocenters. The number of rotatable bonds is 8. The molecule has 0 bridgehead atoms. The Balaban J connectivity index is 1.39. The molecule has 0 fully saturated rings. The molecular weight excluding hydrogens is 388 g/mol. The van der Waals surface area contributed by atoms with Crippen molar-refractivity contribution in [2.75, 3.05) is 6.61 Å². The minimum absolute atomic E-state index is 0.284. The molecule has 1 heterocycles. The molecule has 0 saturated heterocycles. The van der Waals surface area contributed by atoms with Crippen LogP contribution in [-0.4, -0.2) is 28.7 Å². The summed E-state index contributed by atoms with van der Waals surface area (Å²) in [6, 6.07) is 22.8. The number of fused-ring (bicyclic) bond motifs is 1. The Kier molecular flexibility index (Phi) is 6.38. The molecule has 4 aromatic rings. The van der Waals surface area contributed by atoms with E-state index in [1.54, 1.807) is 18.3 Å². The fraction of sp³-hybridized carbons (Fsp3) is 0.160. The highest BCUT2D eigenvalue weighted by Crippen LogP contribution is 2.21. The van der Waals surface area contributed by atoms with Crippen molar-refractivity contribution < 1.29 is 9.53 Å². The van der Waals surface area contributed by atoms with Crippen LogP contribution < -0.4 is 10.2 Å². The third-order valence-electron chi connectivity index (χ3n) is 4.82. The molecule has 0 aliphatic carbocycles. The van der Waals surface area contributed by atoms with Crippen molar-refractivity contribution in [1.29, 1.82) is 0 Å². The van der Waals surface area contributed by atoms with Crippen LogP contribution in [0.4, 0.5) is 0 Å². The molecular formula is C25H24N4O2. The molecule has 0 aliphatic rings. The van der Waals surface area contributed by atoms with Gasteiger partial charge >= 0.3 is 0 Å². The maximum atomic E-state index is 12.5. The lowest BCUT2D eigenvalue weighted by Gasteiger charge is -2.05. The third-order valence-corrected chi connectivity index (χ3v) is 4.82. The van der Waals surface area contributed by atoms with Crippen LogP contribution >= 0.6 is 0 Å². The van der Waals surface area contributed by atoms with Gasteiger partial charge in [-0.1, -0.05) is 43.7 Å². The number of nitrogens with one attached hydrogen (secondary N) is 2. The first-order chi connectivity index (χ1) is 15.2. The van der Waals surface area contributed by atoms with Crippen LogP contribution in [-0.2, 0) is 0 Å². The zero-order valence-electron chi connectivity index (χ0n) is 17.3. The second-order valence-electron chi connectivity index (χ2n) is 7.15. The Morgan fingerprint density at radius 3 is 2.68 bits per heavy atom. The largest absolute Gasteiger partial charge is 0.494 e. The molecule has 156 valence electrons. The number of carbonyl (C=O) groups excluding carboxylic acids is 1. The summed E-state index contributed by atoms with van der Waals surface area (Å²) >= 11 is 0. The zero-order chi connectivity index (χ0) is 21.5. The average Bonchev–Trinajstić information content (AvgIpc) is 3.24. The number of aromatic nitrogens is 2. The number of hydrogen-bond acceptors (Lipinski definition) is 4. The molecule has 0 radical (unpaired) electrons. The van der Waals surface area contributed by atoms with Gasteiger partial charge in [0, 0.05) is 11.1 Å². The van der Waals surface area contributed by atoms with E-state index in [0.29, 0.717) is 12.2 Å². The molecule has 31 heavy (non-hydrogen) atoms. The summed E-state index contributed by atoms with van der Waals surface area (Å²) in [5.74, 6) is 1.32. The van der Waals surface area contributed by atoms with Crippen LogP contribution in [0.1, 0.15) is 35.7 Å². The average molecular weight is 412 g/mol. The van der Waals surface area contributed by atoms with Crippen molar-refractivity contribution >= 4 is 23.2 Å². The van der Waals surface area contributed by atoms with Gasteiger partial charge in [-0.15, -0.1) is 0 Å². The lowest BCUT2D eigenvalue weighted by atomic mass is 10.2. The quantitative estimate of drug-likeness (QED) is 0.238. The van der Waals surface area contributed by atoms with Crippen LogP contribution in [0.5, 0.6) is 5.75 Å². The van der Waals surface area contributed by atoms with Gasteiger partial charge in [-0.05, 0) is 54.4 Å². The molecule has 0 saturated carbocycles. The van der Waals surface area contributed by atoms with Gasteiger partial charge in [0.25, 0.3) is 5.91 Å². The van der Waals surface area contributed by atoms with Gasteiger partial charge in [-0.2, -0.15) is 5.10 Å². The molecule has 6 heteroatoms. The van der Waals surface area contributed by atoms with Crippen molar-refractivity contribution in [3.8, 4) is 17.1 Å². The normalized spacial score (nSPS) is 11.1. The topological polar surface area (TPSA) is 79.4 Å². The van der Waals surface area contributed by atoms with E-state index in [2.05, 4.69) is 27.4 Å². The van der Waals surface area contributed by atoms with E-state index in [0.717, 1.165) is 46.6 Å². The Bertz CT molecular complexity index is 1180. The monoisotopic (exact) mass is 412 g/mol. The summed E-state index contributed by atoms with van der Waals surface area (Å²) in [6.45, 7) is 2.85. The highest BCUT2D eigenvalue weighted by Gasteiger charge is 2.09. The number of aromatic amines is 1. The lowest BCUT2D eigenvalue weighted by molar-refractivity contribution is 0.0955. The predicted molar refractivity (Wildman–Crippen MR) is 123 cm³/mol. The van der Waals surface area contributed by atoms with Crippen LogP contribution in [0, 0.1) is 0 Å². The van der Waals surface area contributed by atoms with E-state index in [1.165, 1.54) is 0 Å². The number of unbranched alkanes of at least 4 members (excludes halogenated alkanes) is 1. The van der Waals surface area contributed by atoms with Gasteiger partial charge < -0.3 is 9.72 Å². The van der Waals surface area contributed by atoms with Gasteiger partial charge in [-0.25, -0.2) is 10.4 Å². The van der Waals surface area contributed by atoms with Gasteiger partial charge in [0.05, 0.1) is 23.9 Å². The predicted octanol–water partition coefficient (Wildman–Crippen LogP) is 5.17. The fourth-order valence-corrected chi connectivity index (χ4v) is 3.10. The standard InChI is InChI=1S/C25H24N4O2/c1-2-3-15-31-21-12-9-18(10-13-21)17-26-29-25(30)20-11-14-22-23(16-20)28-24(27-22)19-7-5-4-6-8-19/h4-14,16-17H,2-3,15H2,1H3,(H,27,28)(H,29,30)/b26-17+. The number of nitrogens with zero attached hydrogens (tertiary/aromatic N) is 2. The lowest BCUT2D eigenvalue weighted by Crippen LogP contribution is -2.17. The first-order valence-electron chi connectivity index (χ1n) is 10.3. The number of benzene rings is 3. The second-order valence-corrected chi connectivity index (χ2v) is 7.15. The number of hydrogen-bond donors (Lipinski definition) is 2. The summed E-state index contributed by atoms with van der Waals surface area (Å²) in [4.78, 5) is 20.3. The molecule has 1 aromatic heterocycles. The first-order valence-corrected chi connectivity index (χ1v) is 10.3. The fourth-order valence-electron chi connectivity index (χ4n) is 3.10. The van der Waals surface area contributed by atoms with E-state index in [-0.39, 0.29) is 5.91 Å². The molecule has 0 aliphatic heterocycles. The molecule has 3 aromatic carbocycles. The number of hydrazone groups is 1. The second kappa shape index (κ2) is 9.71. The Morgan fingerprint density at radius 2 is 1.90 bits per heavy atom. The smallest absolute Gasteiger partial charge is 0.271 e. The Hall–Kier alpha value is -3.93. The highest BCUT2D eigenvalue weighted by molar-refractivity contribution is 5.98. The van der Waals surface area contributed by atoms with Crippen molar-refractivity contribution in [3.05, 3.63) is 83.9 Å². The van der Waals surface area contributed by atoms with E-state index in [4.69, 9.17) is 4.74 Å². The molecule has 1 amide bonds. The summed E-state index contributed by atoms with van der Waals surface area (Å²) in [5, 5.41) is 4.06. The minimum atomic E-state index is -0.284. The number of imidazole rings is 1. The first kappa shape index (κ1) is 20.3. The minimum Gasteiger partial charge on any atom is -0.494 e. The van der Waals surface area contributed by atoms with E-state index in [9.17, 15) is 4.79 Å².